The zero-order valence-electron chi connectivity index (χ0n) is 21.0. The van der Waals surface area contributed by atoms with Crippen LogP contribution in [0.5, 0.6) is 0 Å². The molecular formula is C30H27ClFN3O3. The lowest BCUT2D eigenvalue weighted by Gasteiger charge is -2.13. The Morgan fingerprint density at radius 2 is 1.95 bits per heavy atom. The Balaban J connectivity index is 1.38. The number of ketones is 2. The normalized spacial score (nSPS) is 15.1. The molecule has 1 aliphatic heterocycles. The van der Waals surface area contributed by atoms with E-state index >= 15 is 4.39 Å². The number of nitrogens with zero attached hydrogens (tertiary/aromatic N) is 2. The molecule has 1 atom stereocenters. The van der Waals surface area contributed by atoms with Crippen molar-refractivity contribution in [3.05, 3.63) is 94.0 Å². The van der Waals surface area contributed by atoms with Crippen LogP contribution >= 0.6 is 11.6 Å². The smallest absolute Gasteiger partial charge is 0.171 e. The van der Waals surface area contributed by atoms with Gasteiger partial charge in [-0.3, -0.25) is 9.59 Å². The van der Waals surface area contributed by atoms with Gasteiger partial charge in [0.25, 0.3) is 0 Å². The Morgan fingerprint density at radius 3 is 2.74 bits per heavy atom. The van der Waals surface area contributed by atoms with Crippen LogP contribution in [0.25, 0.3) is 10.9 Å². The van der Waals surface area contributed by atoms with Gasteiger partial charge >= 0.3 is 0 Å². The lowest BCUT2D eigenvalue weighted by atomic mass is 9.96. The first-order valence-corrected chi connectivity index (χ1v) is 13.0. The average molecular weight is 532 g/mol. The number of Topliss-reactive ketones (excluding diaryl/α,β-unsaturated/α-hetero) is 2. The van der Waals surface area contributed by atoms with Crippen LogP contribution in [0.15, 0.2) is 60.9 Å². The van der Waals surface area contributed by atoms with Crippen molar-refractivity contribution in [3.8, 4) is 0 Å². The minimum Gasteiger partial charge on any atom is -0.370 e. The molecule has 1 saturated heterocycles. The molecule has 5 rings (SSSR count). The molecule has 0 unspecified atom stereocenters. The van der Waals surface area contributed by atoms with Crippen LogP contribution in [-0.4, -0.2) is 34.2 Å². The fourth-order valence-electron chi connectivity index (χ4n) is 4.81. The molecule has 6 nitrogen and oxygen atoms in total. The van der Waals surface area contributed by atoms with Crippen LogP contribution < -0.4 is 5.32 Å². The van der Waals surface area contributed by atoms with E-state index in [4.69, 9.17) is 16.3 Å². The van der Waals surface area contributed by atoms with E-state index in [1.807, 2.05) is 43.3 Å². The first-order chi connectivity index (χ1) is 18.4. The maximum atomic E-state index is 15.5. The van der Waals surface area contributed by atoms with Gasteiger partial charge in [0.1, 0.15) is 24.1 Å². The van der Waals surface area contributed by atoms with Crippen molar-refractivity contribution >= 4 is 45.6 Å². The zero-order valence-corrected chi connectivity index (χ0v) is 21.7. The van der Waals surface area contributed by atoms with Crippen LogP contribution in [0.4, 0.5) is 15.9 Å². The standard InChI is InChI=1S/C30H27ClFN3O3/c1-18-5-2-7-21(15-18)35-30-22-8-3-6-20(29(22)33-17-34-30)16-25(37)27-23(31)12-10-19(28(27)32)11-13-24(36)26-9-4-14-38-26/h2-3,5-8,10,12,15,17,26H,4,9,11,13-14,16H2,1H3,(H,33,34,35)/t26-/m0/s1. The Bertz CT molecular complexity index is 1520. The summed E-state index contributed by atoms with van der Waals surface area (Å²) in [6.07, 6.45) is 2.81. The van der Waals surface area contributed by atoms with Gasteiger partial charge in [0.2, 0.25) is 0 Å². The Labute approximate surface area is 225 Å². The third-order valence-electron chi connectivity index (χ3n) is 6.76. The monoisotopic (exact) mass is 531 g/mol. The van der Waals surface area contributed by atoms with Gasteiger partial charge in [-0.1, -0.05) is 41.9 Å². The molecular weight excluding hydrogens is 505 g/mol. The number of carbonyl (C=O) groups is 2. The number of benzene rings is 3. The van der Waals surface area contributed by atoms with E-state index in [1.54, 1.807) is 6.07 Å². The number of aryl methyl sites for hydroxylation is 2. The van der Waals surface area contributed by atoms with Crippen LogP contribution in [-0.2, 0) is 22.4 Å². The van der Waals surface area contributed by atoms with Gasteiger partial charge in [0.05, 0.1) is 16.1 Å². The zero-order chi connectivity index (χ0) is 26.6. The number of hydrogen-bond acceptors (Lipinski definition) is 6. The number of aromatic nitrogens is 2. The summed E-state index contributed by atoms with van der Waals surface area (Å²) >= 11 is 6.29. The van der Waals surface area contributed by atoms with Gasteiger partial charge in [-0.15, -0.1) is 0 Å². The number of carbonyl (C=O) groups excluding carboxylic acids is 2. The number of anilines is 2. The molecule has 8 heteroatoms. The van der Waals surface area contributed by atoms with Crippen molar-refractivity contribution < 1.29 is 18.7 Å². The largest absolute Gasteiger partial charge is 0.370 e. The third-order valence-corrected chi connectivity index (χ3v) is 7.07. The quantitative estimate of drug-likeness (QED) is 0.246. The average Bonchev–Trinajstić information content (AvgIpc) is 3.44. The van der Waals surface area contributed by atoms with Gasteiger partial charge in [-0.05, 0) is 67.1 Å². The minimum atomic E-state index is -0.681. The minimum absolute atomic E-state index is 0.0402. The molecule has 3 aromatic carbocycles. The highest BCUT2D eigenvalue weighted by Gasteiger charge is 2.25. The number of fused-ring (bicyclic) bond motifs is 1. The fourth-order valence-corrected chi connectivity index (χ4v) is 5.06. The summed E-state index contributed by atoms with van der Waals surface area (Å²) in [5.74, 6) is -0.578. The number of rotatable bonds is 9. The first-order valence-electron chi connectivity index (χ1n) is 12.6. The van der Waals surface area contributed by atoms with Crippen molar-refractivity contribution in [1.29, 1.82) is 0 Å². The second-order valence-electron chi connectivity index (χ2n) is 9.49. The maximum Gasteiger partial charge on any atom is 0.171 e. The molecule has 0 bridgehead atoms. The van der Waals surface area contributed by atoms with Crippen LogP contribution in [0.2, 0.25) is 5.02 Å². The lowest BCUT2D eigenvalue weighted by Crippen LogP contribution is -2.20. The molecule has 0 radical (unpaired) electrons. The molecule has 0 saturated carbocycles. The summed E-state index contributed by atoms with van der Waals surface area (Å²) in [7, 11) is 0. The van der Waals surface area contributed by atoms with E-state index in [-0.39, 0.29) is 41.2 Å². The summed E-state index contributed by atoms with van der Waals surface area (Å²) in [4.78, 5) is 34.5. The number of ether oxygens (including phenoxy) is 1. The number of para-hydroxylation sites is 1. The second kappa shape index (κ2) is 11.4. The summed E-state index contributed by atoms with van der Waals surface area (Å²) in [6.45, 7) is 2.58. The molecule has 2 heterocycles. The van der Waals surface area contributed by atoms with Crippen LogP contribution in [0.1, 0.15) is 46.3 Å². The van der Waals surface area contributed by atoms with E-state index in [9.17, 15) is 9.59 Å². The van der Waals surface area contributed by atoms with Gasteiger partial charge in [0, 0.05) is 30.5 Å². The summed E-state index contributed by atoms with van der Waals surface area (Å²) in [5.41, 5.74) is 3.34. The lowest BCUT2D eigenvalue weighted by molar-refractivity contribution is -0.127. The van der Waals surface area contributed by atoms with Gasteiger partial charge in [0.15, 0.2) is 11.6 Å². The van der Waals surface area contributed by atoms with Crippen molar-refractivity contribution in [3.63, 3.8) is 0 Å². The highest BCUT2D eigenvalue weighted by atomic mass is 35.5. The van der Waals surface area contributed by atoms with Crippen LogP contribution in [0, 0.1) is 12.7 Å². The van der Waals surface area contributed by atoms with E-state index in [0.717, 1.165) is 23.1 Å². The first kappa shape index (κ1) is 25.9. The molecule has 194 valence electrons. The fraction of sp³-hybridized carbons (Fsp3) is 0.267. The predicted molar refractivity (Wildman–Crippen MR) is 146 cm³/mol. The van der Waals surface area contributed by atoms with Crippen molar-refractivity contribution in [2.45, 2.75) is 45.1 Å². The molecule has 38 heavy (non-hydrogen) atoms. The maximum absolute atomic E-state index is 15.5. The van der Waals surface area contributed by atoms with Crippen LogP contribution in [0.3, 0.4) is 0 Å². The Hall–Kier alpha value is -3.68. The topological polar surface area (TPSA) is 81.2 Å². The molecule has 1 aliphatic rings. The number of hydrogen-bond donors (Lipinski definition) is 1. The number of nitrogens with one attached hydrogen (secondary N) is 1. The summed E-state index contributed by atoms with van der Waals surface area (Å²) < 4.78 is 20.9. The van der Waals surface area contributed by atoms with Crippen molar-refractivity contribution in [2.24, 2.45) is 0 Å². The molecule has 1 aromatic heterocycles. The highest BCUT2D eigenvalue weighted by Crippen LogP contribution is 2.29. The van der Waals surface area contributed by atoms with Crippen molar-refractivity contribution in [2.75, 3.05) is 11.9 Å². The SMILES string of the molecule is Cc1cccc(Nc2ncnc3c(CC(=O)c4c(Cl)ccc(CCC(=O)[C@@H]5CCCO5)c4F)cccc23)c1. The molecule has 1 fully saturated rings. The third kappa shape index (κ3) is 5.59. The van der Waals surface area contributed by atoms with E-state index in [2.05, 4.69) is 15.3 Å². The van der Waals surface area contributed by atoms with Gasteiger partial charge in [-0.2, -0.15) is 0 Å². The van der Waals surface area contributed by atoms with E-state index in [0.29, 0.717) is 29.9 Å². The van der Waals surface area contributed by atoms with E-state index in [1.165, 1.54) is 18.5 Å². The van der Waals surface area contributed by atoms with Gasteiger partial charge in [-0.25, -0.2) is 14.4 Å². The molecule has 0 spiro atoms. The second-order valence-corrected chi connectivity index (χ2v) is 9.90. The molecule has 1 N–H and O–H groups in total. The molecule has 4 aromatic rings. The summed E-state index contributed by atoms with van der Waals surface area (Å²) in [5, 5.41) is 4.10. The molecule has 0 amide bonds. The van der Waals surface area contributed by atoms with Gasteiger partial charge < -0.3 is 10.1 Å². The van der Waals surface area contributed by atoms with Crippen molar-refractivity contribution in [1.82, 2.24) is 9.97 Å². The Morgan fingerprint density at radius 1 is 1.11 bits per heavy atom. The predicted octanol–water partition coefficient (Wildman–Crippen LogP) is 6.58. The molecule has 0 aliphatic carbocycles. The number of halogens is 2. The highest BCUT2D eigenvalue weighted by molar-refractivity contribution is 6.34. The summed E-state index contributed by atoms with van der Waals surface area (Å²) in [6, 6.07) is 16.4. The van der Waals surface area contributed by atoms with E-state index < -0.39 is 17.7 Å². The Kier molecular flexibility index (Phi) is 7.77.